The number of aromatic amines is 1. The van der Waals surface area contributed by atoms with Gasteiger partial charge in [0.2, 0.25) is 0 Å². The summed E-state index contributed by atoms with van der Waals surface area (Å²) in [6.07, 6.45) is 14.3. The van der Waals surface area contributed by atoms with Gasteiger partial charge in [-0.2, -0.15) is 13.2 Å². The van der Waals surface area contributed by atoms with Crippen LogP contribution in [0.1, 0.15) is 130 Å². The number of hydrogen-bond acceptors (Lipinski definition) is 4. The van der Waals surface area contributed by atoms with Crippen molar-refractivity contribution in [1.29, 1.82) is 0 Å². The summed E-state index contributed by atoms with van der Waals surface area (Å²) >= 11 is 4.88. The van der Waals surface area contributed by atoms with Gasteiger partial charge in [-0.15, -0.1) is 0 Å². The molecule has 1 aromatic heterocycles. The molecule has 286 valence electrons. The van der Waals surface area contributed by atoms with Gasteiger partial charge in [0.05, 0.1) is 0 Å². The molecule has 0 atom stereocenters. The van der Waals surface area contributed by atoms with Crippen LogP contribution in [-0.2, 0) is 12.8 Å². The predicted octanol–water partition coefficient (Wildman–Crippen LogP) is 13.3. The van der Waals surface area contributed by atoms with Crippen molar-refractivity contribution in [3.63, 3.8) is 0 Å². The number of halogens is 4. The van der Waals surface area contributed by atoms with E-state index in [4.69, 9.17) is 17.3 Å². The molecule has 1 aliphatic carbocycles. The fourth-order valence-corrected chi connectivity index (χ4v) is 6.98. The summed E-state index contributed by atoms with van der Waals surface area (Å²) in [6.45, 7) is 3.32. The Balaban J connectivity index is 0.000000306. The van der Waals surface area contributed by atoms with Gasteiger partial charge < -0.3 is 15.4 Å². The van der Waals surface area contributed by atoms with E-state index >= 15 is 0 Å². The number of alkyl halides is 3. The molecule has 3 aromatic carbocycles. The number of aryl methyl sites for hydroxylation is 1. The van der Waals surface area contributed by atoms with Crippen LogP contribution in [0.2, 0.25) is 0 Å². The summed E-state index contributed by atoms with van der Waals surface area (Å²) in [6, 6.07) is 19.4. The number of carboxylic acids is 1. The zero-order chi connectivity index (χ0) is 38.1. The van der Waals surface area contributed by atoms with Crippen LogP contribution in [0.4, 0.5) is 23.2 Å². The summed E-state index contributed by atoms with van der Waals surface area (Å²) < 4.78 is 49.6. The molecule has 3 N–H and O–H groups in total. The standard InChI is InChI=1S/C32H46F3N.C11H7FN2O2S/c1-2-3-4-5-9-12-15-23-36-31-19-16-18-28-29-24-26(20-21-27(29)25-30(28)31)17-13-10-7-6-8-11-14-22-32(33,34)35;12-7-3-1-2-6(4-7)9-13-5-8(11(15)16)10(17)14-9/h16,18-21,24,36H,2-15,17,22-23,25H2,1H3;1-5H,(H,15,16)(H,13,14,17). The average Bonchev–Trinajstić information content (AvgIpc) is 3.50. The third-order valence-electron chi connectivity index (χ3n) is 9.66. The number of H-pyrrole nitrogens is 1. The smallest absolute Gasteiger partial charge is 0.389 e. The number of fused-ring (bicyclic) bond motifs is 3. The van der Waals surface area contributed by atoms with Crippen molar-refractivity contribution in [2.45, 2.75) is 122 Å². The monoisotopic (exact) mass is 751 g/mol. The van der Waals surface area contributed by atoms with Crippen LogP contribution in [0.15, 0.2) is 66.9 Å². The molecule has 1 heterocycles. The summed E-state index contributed by atoms with van der Waals surface area (Å²) in [4.78, 5) is 17.3. The molecule has 4 aromatic rings. The Morgan fingerprint density at radius 1 is 0.849 bits per heavy atom. The lowest BCUT2D eigenvalue weighted by Crippen LogP contribution is -2.06. The molecular formula is C43H53F4N3O2S. The van der Waals surface area contributed by atoms with Crippen LogP contribution in [0, 0.1) is 10.5 Å². The highest BCUT2D eigenvalue weighted by Gasteiger charge is 2.25. The van der Waals surface area contributed by atoms with Crippen molar-refractivity contribution < 1.29 is 27.5 Å². The van der Waals surface area contributed by atoms with E-state index in [0.29, 0.717) is 17.8 Å². The first-order valence-corrected chi connectivity index (χ1v) is 19.6. The van der Waals surface area contributed by atoms with Crippen LogP contribution in [0.3, 0.4) is 0 Å². The van der Waals surface area contributed by atoms with Gasteiger partial charge in [-0.05, 0) is 71.7 Å². The van der Waals surface area contributed by atoms with E-state index in [1.165, 1.54) is 96.6 Å². The highest BCUT2D eigenvalue weighted by atomic mass is 32.1. The van der Waals surface area contributed by atoms with Crippen molar-refractivity contribution in [3.8, 4) is 22.5 Å². The molecule has 10 heteroatoms. The van der Waals surface area contributed by atoms with E-state index in [1.54, 1.807) is 6.07 Å². The van der Waals surface area contributed by atoms with Crippen LogP contribution in [0.25, 0.3) is 22.5 Å². The number of anilines is 1. The van der Waals surface area contributed by atoms with Crippen molar-refractivity contribution in [1.82, 2.24) is 9.97 Å². The lowest BCUT2D eigenvalue weighted by atomic mass is 9.99. The Kier molecular flexibility index (Phi) is 17.0. The first kappa shape index (κ1) is 41.7. The van der Waals surface area contributed by atoms with Gasteiger partial charge in [-0.25, -0.2) is 14.2 Å². The summed E-state index contributed by atoms with van der Waals surface area (Å²) in [5.41, 5.74) is 8.77. The molecule has 0 amide bonds. The minimum atomic E-state index is -4.00. The molecule has 0 fully saturated rings. The minimum Gasteiger partial charge on any atom is -0.478 e. The van der Waals surface area contributed by atoms with Crippen molar-refractivity contribution in [2.24, 2.45) is 0 Å². The Labute approximate surface area is 316 Å². The fourth-order valence-electron chi connectivity index (χ4n) is 6.74. The van der Waals surface area contributed by atoms with Crippen molar-refractivity contribution in [3.05, 3.63) is 99.6 Å². The van der Waals surface area contributed by atoms with Gasteiger partial charge in [-0.3, -0.25) is 0 Å². The second-order valence-corrected chi connectivity index (χ2v) is 14.3. The third kappa shape index (κ3) is 14.0. The molecule has 1 aliphatic rings. The maximum Gasteiger partial charge on any atom is 0.389 e. The van der Waals surface area contributed by atoms with Gasteiger partial charge >= 0.3 is 12.1 Å². The zero-order valence-electron chi connectivity index (χ0n) is 30.8. The molecule has 5 rings (SSSR count). The Hall–Kier alpha value is -4.05. The van der Waals surface area contributed by atoms with Gasteiger partial charge in [-0.1, -0.05) is 132 Å². The van der Waals surface area contributed by atoms with E-state index in [2.05, 4.69) is 58.6 Å². The maximum absolute atomic E-state index is 13.0. The van der Waals surface area contributed by atoms with Crippen molar-refractivity contribution >= 4 is 23.9 Å². The quantitative estimate of drug-likeness (QED) is 0.0419. The third-order valence-corrected chi connectivity index (χ3v) is 9.98. The van der Waals surface area contributed by atoms with Crippen LogP contribution < -0.4 is 5.32 Å². The van der Waals surface area contributed by atoms with E-state index in [1.807, 2.05) is 0 Å². The number of nitrogens with one attached hydrogen (secondary N) is 2. The average molecular weight is 752 g/mol. The Bertz CT molecular complexity index is 1810. The number of carbonyl (C=O) groups is 1. The minimum absolute atomic E-state index is 0.0618. The van der Waals surface area contributed by atoms with Gasteiger partial charge in [0.15, 0.2) is 0 Å². The summed E-state index contributed by atoms with van der Waals surface area (Å²) in [7, 11) is 0. The SMILES string of the molecule is CCCCCCCCCNc1cccc2c1Cc1ccc(CCCCCCCCCC(F)(F)F)cc1-2.O=C(O)c1cnc(-c2cccc(F)c2)[nH]c1=S. The number of aromatic carboxylic acids is 1. The number of unbranched alkanes of at least 4 members (excludes halogenated alkanes) is 12. The zero-order valence-corrected chi connectivity index (χ0v) is 31.6. The highest BCUT2D eigenvalue weighted by Crippen LogP contribution is 2.41. The molecule has 0 bridgehead atoms. The topological polar surface area (TPSA) is 78.0 Å². The molecule has 0 radical (unpaired) electrons. The number of nitrogens with zero attached hydrogens (tertiary/aromatic N) is 1. The highest BCUT2D eigenvalue weighted by molar-refractivity contribution is 7.71. The second kappa shape index (κ2) is 21.6. The van der Waals surface area contributed by atoms with Crippen LogP contribution >= 0.6 is 12.2 Å². The first-order valence-electron chi connectivity index (χ1n) is 19.2. The van der Waals surface area contributed by atoms with E-state index in [-0.39, 0.29) is 16.6 Å². The van der Waals surface area contributed by atoms with Crippen LogP contribution in [0.5, 0.6) is 0 Å². The summed E-state index contributed by atoms with van der Waals surface area (Å²) in [5.74, 6) is -1.21. The van der Waals surface area contributed by atoms with Gasteiger partial charge in [0.1, 0.15) is 21.8 Å². The second-order valence-electron chi connectivity index (χ2n) is 13.9. The number of carboxylic acid groups (broad SMARTS) is 1. The molecule has 0 spiro atoms. The number of hydrogen-bond donors (Lipinski definition) is 3. The maximum atomic E-state index is 13.0. The fraction of sp³-hybridized carbons (Fsp3) is 0.465. The van der Waals surface area contributed by atoms with E-state index in [0.717, 1.165) is 57.7 Å². The van der Waals surface area contributed by atoms with Crippen molar-refractivity contribution in [2.75, 3.05) is 11.9 Å². The molecule has 0 unspecified atom stereocenters. The number of benzene rings is 3. The molecular weight excluding hydrogens is 699 g/mol. The molecule has 5 nitrogen and oxygen atoms in total. The largest absolute Gasteiger partial charge is 0.478 e. The molecule has 0 saturated heterocycles. The molecule has 53 heavy (non-hydrogen) atoms. The van der Waals surface area contributed by atoms with Crippen LogP contribution in [-0.4, -0.2) is 33.8 Å². The molecule has 0 saturated carbocycles. The van der Waals surface area contributed by atoms with Gasteiger partial charge in [0, 0.05) is 36.8 Å². The van der Waals surface area contributed by atoms with Gasteiger partial charge in [0.25, 0.3) is 0 Å². The van der Waals surface area contributed by atoms with E-state index in [9.17, 15) is 22.4 Å². The van der Waals surface area contributed by atoms with E-state index < -0.39 is 24.4 Å². The predicted molar refractivity (Wildman–Crippen MR) is 210 cm³/mol. The number of aromatic nitrogens is 2. The first-order chi connectivity index (χ1) is 25.6. The normalized spacial score (nSPS) is 11.8. The Morgan fingerprint density at radius 3 is 2.21 bits per heavy atom. The number of rotatable bonds is 20. The lowest BCUT2D eigenvalue weighted by Gasteiger charge is -2.11. The summed E-state index contributed by atoms with van der Waals surface area (Å²) in [5, 5.41) is 12.5. The molecule has 0 aliphatic heterocycles. The Morgan fingerprint density at radius 2 is 1.53 bits per heavy atom. The lowest BCUT2D eigenvalue weighted by molar-refractivity contribution is -0.135.